The van der Waals surface area contributed by atoms with E-state index in [2.05, 4.69) is 5.10 Å². The van der Waals surface area contributed by atoms with Crippen LogP contribution in [0.3, 0.4) is 0 Å². The molecular formula is C14H14N2O2. The van der Waals surface area contributed by atoms with E-state index < -0.39 is 11.5 Å². The van der Waals surface area contributed by atoms with Gasteiger partial charge < -0.3 is 5.11 Å². The first-order valence-corrected chi connectivity index (χ1v) is 5.98. The highest BCUT2D eigenvalue weighted by molar-refractivity contribution is 5.83. The van der Waals surface area contributed by atoms with E-state index in [0.29, 0.717) is 6.42 Å². The third kappa shape index (κ3) is 1.32. The van der Waals surface area contributed by atoms with E-state index in [1.165, 1.54) is 0 Å². The summed E-state index contributed by atoms with van der Waals surface area (Å²) >= 11 is 0. The van der Waals surface area contributed by atoms with Gasteiger partial charge in [-0.3, -0.25) is 4.68 Å². The first-order chi connectivity index (χ1) is 8.64. The van der Waals surface area contributed by atoms with Crippen molar-refractivity contribution < 1.29 is 9.90 Å². The number of nitrogens with zero attached hydrogens (tertiary/aromatic N) is 2. The fourth-order valence-electron chi connectivity index (χ4n) is 2.77. The molecule has 4 nitrogen and oxygen atoms in total. The lowest BCUT2D eigenvalue weighted by Crippen LogP contribution is -2.41. The average molecular weight is 242 g/mol. The molecule has 1 heterocycles. The van der Waals surface area contributed by atoms with Gasteiger partial charge in [0.2, 0.25) is 0 Å². The SMILES string of the molecule is Cc1cnn(C2(C(=O)O)CCc3ccccc32)c1. The van der Waals surface area contributed by atoms with Gasteiger partial charge in [-0.05, 0) is 36.5 Å². The van der Waals surface area contributed by atoms with Crippen molar-refractivity contribution in [2.75, 3.05) is 0 Å². The number of fused-ring (bicyclic) bond motifs is 1. The molecule has 1 aliphatic rings. The zero-order chi connectivity index (χ0) is 12.8. The maximum atomic E-state index is 11.8. The number of carboxylic acid groups (broad SMARTS) is 1. The lowest BCUT2D eigenvalue weighted by Gasteiger charge is -2.26. The summed E-state index contributed by atoms with van der Waals surface area (Å²) in [5.74, 6) is -0.837. The van der Waals surface area contributed by atoms with Crippen molar-refractivity contribution in [2.45, 2.75) is 25.3 Å². The smallest absolute Gasteiger partial charge is 0.336 e. The predicted molar refractivity (Wildman–Crippen MR) is 66.4 cm³/mol. The molecular weight excluding hydrogens is 228 g/mol. The van der Waals surface area contributed by atoms with Crippen LogP contribution in [0.25, 0.3) is 0 Å². The molecule has 0 saturated heterocycles. The number of aliphatic carboxylic acids is 1. The highest BCUT2D eigenvalue weighted by Gasteiger charge is 2.47. The molecule has 18 heavy (non-hydrogen) atoms. The number of aromatic nitrogens is 2. The number of hydrogen-bond donors (Lipinski definition) is 1. The van der Waals surface area contributed by atoms with Crippen molar-refractivity contribution in [3.63, 3.8) is 0 Å². The van der Waals surface area contributed by atoms with Gasteiger partial charge in [-0.2, -0.15) is 5.10 Å². The third-order valence-corrected chi connectivity index (χ3v) is 3.68. The molecule has 1 atom stereocenters. The highest BCUT2D eigenvalue weighted by Crippen LogP contribution is 2.40. The molecule has 1 aromatic carbocycles. The Bertz CT molecular complexity index is 618. The molecule has 0 fully saturated rings. The van der Waals surface area contributed by atoms with E-state index in [0.717, 1.165) is 23.1 Å². The zero-order valence-electron chi connectivity index (χ0n) is 10.1. The Labute approximate surface area is 105 Å². The molecule has 1 N–H and O–H groups in total. The first kappa shape index (κ1) is 11.0. The molecule has 0 bridgehead atoms. The summed E-state index contributed by atoms with van der Waals surface area (Å²) in [4.78, 5) is 11.8. The van der Waals surface area contributed by atoms with Crippen LogP contribution in [0.1, 0.15) is 23.1 Å². The van der Waals surface area contributed by atoms with Crippen LogP contribution in [0.4, 0.5) is 0 Å². The molecule has 0 aliphatic heterocycles. The first-order valence-electron chi connectivity index (χ1n) is 5.98. The van der Waals surface area contributed by atoms with E-state index in [4.69, 9.17) is 0 Å². The van der Waals surface area contributed by atoms with E-state index in [-0.39, 0.29) is 0 Å². The average Bonchev–Trinajstić information content (AvgIpc) is 2.93. The Kier molecular flexibility index (Phi) is 2.26. The second-order valence-corrected chi connectivity index (χ2v) is 4.78. The van der Waals surface area contributed by atoms with Crippen molar-refractivity contribution in [3.05, 3.63) is 53.3 Å². The van der Waals surface area contributed by atoms with E-state index in [1.54, 1.807) is 17.1 Å². The Morgan fingerprint density at radius 2 is 2.22 bits per heavy atom. The summed E-state index contributed by atoms with van der Waals surface area (Å²) in [7, 11) is 0. The summed E-state index contributed by atoms with van der Waals surface area (Å²) in [5.41, 5.74) is 1.90. The number of carboxylic acids is 1. The number of hydrogen-bond acceptors (Lipinski definition) is 2. The van der Waals surface area contributed by atoms with Crippen molar-refractivity contribution >= 4 is 5.97 Å². The van der Waals surface area contributed by atoms with Gasteiger partial charge in [0.25, 0.3) is 0 Å². The summed E-state index contributed by atoms with van der Waals surface area (Å²) in [6.45, 7) is 1.92. The minimum atomic E-state index is -1.04. The van der Waals surface area contributed by atoms with Gasteiger partial charge in [-0.15, -0.1) is 0 Å². The third-order valence-electron chi connectivity index (χ3n) is 3.68. The van der Waals surface area contributed by atoms with Crippen LogP contribution in [0.2, 0.25) is 0 Å². The fourth-order valence-corrected chi connectivity index (χ4v) is 2.77. The number of benzene rings is 1. The van der Waals surface area contributed by atoms with Gasteiger partial charge in [-0.1, -0.05) is 24.3 Å². The Balaban J connectivity index is 2.24. The molecule has 0 saturated carbocycles. The Hall–Kier alpha value is -2.10. The normalized spacial score (nSPS) is 21.8. The topological polar surface area (TPSA) is 55.1 Å². The van der Waals surface area contributed by atoms with E-state index in [9.17, 15) is 9.90 Å². The monoisotopic (exact) mass is 242 g/mol. The van der Waals surface area contributed by atoms with E-state index >= 15 is 0 Å². The lowest BCUT2D eigenvalue weighted by molar-refractivity contribution is -0.145. The van der Waals surface area contributed by atoms with Crippen LogP contribution < -0.4 is 0 Å². The standard InChI is InChI=1S/C14H14N2O2/c1-10-8-15-16(9-10)14(13(17)18)7-6-11-4-2-3-5-12(11)14/h2-5,8-9H,6-7H2,1H3,(H,17,18). The van der Waals surface area contributed by atoms with Crippen LogP contribution >= 0.6 is 0 Å². The summed E-state index contributed by atoms with van der Waals surface area (Å²) < 4.78 is 1.59. The highest BCUT2D eigenvalue weighted by atomic mass is 16.4. The number of carbonyl (C=O) groups is 1. The number of rotatable bonds is 2. The van der Waals surface area contributed by atoms with Crippen LogP contribution in [0.15, 0.2) is 36.7 Å². The molecule has 1 aliphatic carbocycles. The fraction of sp³-hybridized carbons (Fsp3) is 0.286. The maximum absolute atomic E-state index is 11.8. The Morgan fingerprint density at radius 1 is 1.44 bits per heavy atom. The Morgan fingerprint density at radius 3 is 2.89 bits per heavy atom. The molecule has 3 rings (SSSR count). The van der Waals surface area contributed by atoms with Crippen molar-refractivity contribution in [1.82, 2.24) is 9.78 Å². The second-order valence-electron chi connectivity index (χ2n) is 4.78. The quantitative estimate of drug-likeness (QED) is 0.875. The van der Waals surface area contributed by atoms with Crippen LogP contribution in [0.5, 0.6) is 0 Å². The van der Waals surface area contributed by atoms with Crippen LogP contribution in [-0.2, 0) is 16.8 Å². The predicted octanol–water partition coefficient (Wildman–Crippen LogP) is 1.97. The maximum Gasteiger partial charge on any atom is 0.336 e. The van der Waals surface area contributed by atoms with Gasteiger partial charge in [0.05, 0.1) is 6.20 Å². The molecule has 1 aromatic heterocycles. The number of aryl methyl sites for hydroxylation is 2. The molecule has 0 amide bonds. The van der Waals surface area contributed by atoms with Crippen molar-refractivity contribution in [3.8, 4) is 0 Å². The molecule has 2 aromatic rings. The molecule has 92 valence electrons. The van der Waals surface area contributed by atoms with Gasteiger partial charge in [0.1, 0.15) is 0 Å². The zero-order valence-corrected chi connectivity index (χ0v) is 10.1. The molecule has 4 heteroatoms. The molecule has 0 radical (unpaired) electrons. The molecule has 0 spiro atoms. The van der Waals surface area contributed by atoms with Gasteiger partial charge in [-0.25, -0.2) is 4.79 Å². The van der Waals surface area contributed by atoms with Gasteiger partial charge in [0, 0.05) is 6.20 Å². The minimum absolute atomic E-state index is 0.558. The minimum Gasteiger partial charge on any atom is -0.479 e. The second kappa shape index (κ2) is 3.70. The molecule has 1 unspecified atom stereocenters. The summed E-state index contributed by atoms with van der Waals surface area (Å²) in [6, 6.07) is 7.73. The van der Waals surface area contributed by atoms with E-state index in [1.807, 2.05) is 31.2 Å². The van der Waals surface area contributed by atoms with Crippen molar-refractivity contribution in [2.24, 2.45) is 0 Å². The largest absolute Gasteiger partial charge is 0.479 e. The van der Waals surface area contributed by atoms with Crippen LogP contribution in [-0.4, -0.2) is 20.9 Å². The summed E-state index contributed by atoms with van der Waals surface area (Å²) in [6.07, 6.45) is 4.84. The van der Waals surface area contributed by atoms with Gasteiger partial charge in [0.15, 0.2) is 5.54 Å². The van der Waals surface area contributed by atoms with Crippen molar-refractivity contribution in [1.29, 1.82) is 0 Å². The van der Waals surface area contributed by atoms with Crippen LogP contribution in [0, 0.1) is 6.92 Å². The summed E-state index contributed by atoms with van der Waals surface area (Å²) in [5, 5.41) is 13.9. The lowest BCUT2D eigenvalue weighted by atomic mass is 9.92. The van der Waals surface area contributed by atoms with Gasteiger partial charge >= 0.3 is 5.97 Å².